The molecule has 2 N–H and O–H groups in total. The largest absolute Gasteiger partial charge is 0.345 e. The summed E-state index contributed by atoms with van der Waals surface area (Å²) < 4.78 is 27.7. The number of rotatable bonds is 8. The molecular formula is C22H29N3O3S. The van der Waals surface area contributed by atoms with Crippen LogP contribution < -0.4 is 10.0 Å². The van der Waals surface area contributed by atoms with Gasteiger partial charge in [0.2, 0.25) is 10.0 Å². The maximum Gasteiger partial charge on any atom is 0.251 e. The Labute approximate surface area is 173 Å². The molecule has 1 aliphatic carbocycles. The summed E-state index contributed by atoms with van der Waals surface area (Å²) in [5, 5.41) is 3.13. The van der Waals surface area contributed by atoms with E-state index in [4.69, 9.17) is 0 Å². The van der Waals surface area contributed by atoms with E-state index in [2.05, 4.69) is 14.9 Å². The number of amides is 1. The molecule has 0 aromatic heterocycles. The van der Waals surface area contributed by atoms with Crippen molar-refractivity contribution < 1.29 is 13.2 Å². The van der Waals surface area contributed by atoms with Crippen LogP contribution in [0.15, 0.2) is 47.4 Å². The Morgan fingerprint density at radius 1 is 1.03 bits per heavy atom. The molecule has 1 amide bonds. The van der Waals surface area contributed by atoms with Crippen molar-refractivity contribution in [1.29, 1.82) is 0 Å². The number of aryl methyl sites for hydroxylation is 2. The Hall–Kier alpha value is -2.22. The smallest absolute Gasteiger partial charge is 0.251 e. The Bertz CT molecular complexity index is 994. The van der Waals surface area contributed by atoms with Crippen molar-refractivity contribution in [2.45, 2.75) is 43.7 Å². The van der Waals surface area contributed by atoms with Gasteiger partial charge in [-0.1, -0.05) is 18.2 Å². The topological polar surface area (TPSA) is 78.5 Å². The van der Waals surface area contributed by atoms with Gasteiger partial charge in [0.1, 0.15) is 0 Å². The summed E-state index contributed by atoms with van der Waals surface area (Å²) in [6.45, 7) is 4.84. The zero-order valence-electron chi connectivity index (χ0n) is 17.5. The number of carbonyl (C=O) groups excluding carboxylic acids is 1. The van der Waals surface area contributed by atoms with Gasteiger partial charge in [-0.25, -0.2) is 13.1 Å². The van der Waals surface area contributed by atoms with Crippen LogP contribution in [0.25, 0.3) is 0 Å². The second-order valence-electron chi connectivity index (χ2n) is 8.24. The van der Waals surface area contributed by atoms with Crippen molar-refractivity contribution in [1.82, 2.24) is 14.9 Å². The molecule has 0 saturated heterocycles. The fraction of sp³-hybridized carbons (Fsp3) is 0.409. The van der Waals surface area contributed by atoms with Crippen molar-refractivity contribution in [2.24, 2.45) is 0 Å². The predicted molar refractivity (Wildman–Crippen MR) is 114 cm³/mol. The molecule has 6 nitrogen and oxygen atoms in total. The fourth-order valence-corrected chi connectivity index (χ4v) is 4.41. The van der Waals surface area contributed by atoms with E-state index in [-0.39, 0.29) is 22.9 Å². The monoisotopic (exact) mass is 415 g/mol. The lowest BCUT2D eigenvalue weighted by Gasteiger charge is -2.21. The van der Waals surface area contributed by atoms with Crippen LogP contribution in [0.1, 0.15) is 39.9 Å². The molecule has 29 heavy (non-hydrogen) atoms. The van der Waals surface area contributed by atoms with Gasteiger partial charge in [-0.3, -0.25) is 4.79 Å². The van der Waals surface area contributed by atoms with E-state index in [0.29, 0.717) is 5.56 Å². The molecule has 2 aromatic rings. The van der Waals surface area contributed by atoms with Crippen LogP contribution in [-0.2, 0) is 16.6 Å². The molecule has 156 valence electrons. The van der Waals surface area contributed by atoms with Crippen LogP contribution in [0, 0.1) is 13.8 Å². The number of carbonyl (C=O) groups is 1. The van der Waals surface area contributed by atoms with Gasteiger partial charge in [-0.05, 0) is 81.7 Å². The SMILES string of the molecule is Cc1ccc(S(=O)(=O)NCc2ccc(C(=O)NC3(CN(C)C)CC3)cc2)cc1C. The van der Waals surface area contributed by atoms with Gasteiger partial charge >= 0.3 is 0 Å². The van der Waals surface area contributed by atoms with Gasteiger partial charge in [0.15, 0.2) is 0 Å². The number of hydrogen-bond donors (Lipinski definition) is 2. The quantitative estimate of drug-likeness (QED) is 0.695. The third kappa shape index (κ3) is 5.44. The number of hydrogen-bond acceptors (Lipinski definition) is 4. The van der Waals surface area contributed by atoms with Crippen molar-refractivity contribution >= 4 is 15.9 Å². The average Bonchev–Trinajstić information content (AvgIpc) is 3.40. The van der Waals surface area contributed by atoms with Gasteiger partial charge in [-0.2, -0.15) is 0 Å². The van der Waals surface area contributed by atoms with Gasteiger partial charge < -0.3 is 10.2 Å². The van der Waals surface area contributed by atoms with Crippen LogP contribution in [0.2, 0.25) is 0 Å². The van der Waals surface area contributed by atoms with E-state index in [9.17, 15) is 13.2 Å². The number of nitrogens with zero attached hydrogens (tertiary/aromatic N) is 1. The fourth-order valence-electron chi connectivity index (χ4n) is 3.31. The van der Waals surface area contributed by atoms with E-state index >= 15 is 0 Å². The molecule has 1 aliphatic rings. The normalized spacial score (nSPS) is 15.3. The lowest BCUT2D eigenvalue weighted by atomic mass is 10.1. The molecule has 7 heteroatoms. The summed E-state index contributed by atoms with van der Waals surface area (Å²) in [6.07, 6.45) is 1.99. The van der Waals surface area contributed by atoms with E-state index in [1.807, 2.05) is 27.9 Å². The molecular weight excluding hydrogens is 386 g/mol. The maximum absolute atomic E-state index is 12.5. The van der Waals surface area contributed by atoms with Gasteiger partial charge in [0, 0.05) is 18.7 Å². The minimum atomic E-state index is -3.59. The third-order valence-corrected chi connectivity index (χ3v) is 6.72. The molecule has 0 atom stereocenters. The standard InChI is InChI=1S/C22H29N3O3S/c1-16-5-10-20(13-17(16)2)29(27,28)23-14-18-6-8-19(9-7-18)21(26)24-22(11-12-22)15-25(3)4/h5-10,13,23H,11-12,14-15H2,1-4H3,(H,24,26). The molecule has 2 aromatic carbocycles. The first kappa shape index (κ1) is 21.5. The van der Waals surface area contributed by atoms with Crippen molar-refractivity contribution in [3.63, 3.8) is 0 Å². The number of benzene rings is 2. The lowest BCUT2D eigenvalue weighted by molar-refractivity contribution is 0.0923. The van der Waals surface area contributed by atoms with Crippen LogP contribution in [0.5, 0.6) is 0 Å². The zero-order chi connectivity index (χ0) is 21.2. The van der Waals surface area contributed by atoms with Crippen molar-refractivity contribution in [2.75, 3.05) is 20.6 Å². The second-order valence-corrected chi connectivity index (χ2v) is 10.0. The minimum absolute atomic E-state index is 0.0911. The Kier molecular flexibility index (Phi) is 6.12. The summed E-state index contributed by atoms with van der Waals surface area (Å²) in [5.41, 5.74) is 3.25. The predicted octanol–water partition coefficient (Wildman–Crippen LogP) is 2.61. The highest BCUT2D eigenvalue weighted by Crippen LogP contribution is 2.36. The highest BCUT2D eigenvalue weighted by Gasteiger charge is 2.44. The van der Waals surface area contributed by atoms with Crippen molar-refractivity contribution in [3.8, 4) is 0 Å². The van der Waals surface area contributed by atoms with E-state index < -0.39 is 10.0 Å². The number of likely N-dealkylation sites (N-methyl/N-ethyl adjacent to an activating group) is 1. The highest BCUT2D eigenvalue weighted by atomic mass is 32.2. The molecule has 1 saturated carbocycles. The molecule has 0 aliphatic heterocycles. The number of sulfonamides is 1. The summed E-state index contributed by atoms with van der Waals surface area (Å²) in [5.74, 6) is -0.0911. The van der Waals surface area contributed by atoms with Crippen LogP contribution >= 0.6 is 0 Å². The Morgan fingerprint density at radius 2 is 1.69 bits per heavy atom. The first-order chi connectivity index (χ1) is 13.6. The van der Waals surface area contributed by atoms with Crippen LogP contribution in [0.4, 0.5) is 0 Å². The van der Waals surface area contributed by atoms with Gasteiger partial charge in [-0.15, -0.1) is 0 Å². The lowest BCUT2D eigenvalue weighted by Crippen LogP contribution is -2.43. The first-order valence-corrected chi connectivity index (χ1v) is 11.2. The van der Waals surface area contributed by atoms with Crippen LogP contribution in [-0.4, -0.2) is 45.4 Å². The summed E-state index contributed by atoms with van der Waals surface area (Å²) in [7, 11) is 0.415. The Morgan fingerprint density at radius 3 is 2.24 bits per heavy atom. The van der Waals surface area contributed by atoms with Crippen LogP contribution in [0.3, 0.4) is 0 Å². The van der Waals surface area contributed by atoms with E-state index in [1.165, 1.54) is 0 Å². The molecule has 0 bridgehead atoms. The van der Waals surface area contributed by atoms with Gasteiger partial charge in [0.05, 0.1) is 10.4 Å². The maximum atomic E-state index is 12.5. The average molecular weight is 416 g/mol. The summed E-state index contributed by atoms with van der Waals surface area (Å²) in [6, 6.07) is 12.1. The van der Waals surface area contributed by atoms with Gasteiger partial charge in [0.25, 0.3) is 5.91 Å². The van der Waals surface area contributed by atoms with Crippen molar-refractivity contribution in [3.05, 3.63) is 64.7 Å². The molecule has 1 fully saturated rings. The molecule has 0 spiro atoms. The van der Waals surface area contributed by atoms with E-state index in [1.54, 1.807) is 42.5 Å². The van der Waals surface area contributed by atoms with E-state index in [0.717, 1.165) is 36.1 Å². The molecule has 0 heterocycles. The Balaban J connectivity index is 1.60. The second kappa shape index (κ2) is 8.26. The zero-order valence-corrected chi connectivity index (χ0v) is 18.3. The third-order valence-electron chi connectivity index (χ3n) is 5.32. The highest BCUT2D eigenvalue weighted by molar-refractivity contribution is 7.89. The minimum Gasteiger partial charge on any atom is -0.345 e. The molecule has 3 rings (SSSR count). The summed E-state index contributed by atoms with van der Waals surface area (Å²) in [4.78, 5) is 14.9. The number of nitrogens with one attached hydrogen (secondary N) is 2. The summed E-state index contributed by atoms with van der Waals surface area (Å²) >= 11 is 0. The first-order valence-electron chi connectivity index (χ1n) is 9.73. The molecule has 0 radical (unpaired) electrons. The molecule has 0 unspecified atom stereocenters.